The van der Waals surface area contributed by atoms with E-state index >= 15 is 0 Å². The lowest BCUT2D eigenvalue weighted by molar-refractivity contribution is -0.275. The smallest absolute Gasteiger partial charge is 0.493 e. The van der Waals surface area contributed by atoms with Crippen molar-refractivity contribution in [2.24, 2.45) is 5.10 Å². The zero-order chi connectivity index (χ0) is 28.2. The minimum Gasteiger partial charge on any atom is -0.493 e. The van der Waals surface area contributed by atoms with Gasteiger partial charge in [0.2, 0.25) is 0 Å². The van der Waals surface area contributed by atoms with E-state index in [1.54, 1.807) is 31.2 Å². The van der Waals surface area contributed by atoms with Crippen LogP contribution in [0, 0.1) is 0 Å². The number of benzene rings is 2. The van der Waals surface area contributed by atoms with E-state index in [2.05, 4.69) is 25.4 Å². The Bertz CT molecular complexity index is 1380. The third kappa shape index (κ3) is 6.93. The molecule has 0 aliphatic carbocycles. The fraction of sp³-hybridized carbons (Fsp3) is 0.240. The van der Waals surface area contributed by atoms with Crippen LogP contribution in [-0.2, 0) is 11.3 Å². The molecule has 1 aliphatic rings. The highest BCUT2D eigenvalue weighted by Gasteiger charge is 2.34. The Hall–Kier alpha value is -4.39. The van der Waals surface area contributed by atoms with Crippen molar-refractivity contribution in [3.8, 4) is 11.5 Å². The molecule has 2 amide bonds. The number of aromatic nitrogens is 2. The molecular weight excluding hydrogens is 543 g/mol. The van der Waals surface area contributed by atoms with E-state index in [0.717, 1.165) is 11.1 Å². The lowest BCUT2D eigenvalue weighted by Gasteiger charge is -2.29. The fourth-order valence-corrected chi connectivity index (χ4v) is 3.73. The van der Waals surface area contributed by atoms with E-state index in [4.69, 9.17) is 21.1 Å². The topological polar surface area (TPSA) is 115 Å². The second kappa shape index (κ2) is 11.6. The number of hydrogen-bond donors (Lipinski definition) is 1. The van der Waals surface area contributed by atoms with Crippen LogP contribution in [-0.4, -0.2) is 52.5 Å². The number of halogens is 4. The van der Waals surface area contributed by atoms with Gasteiger partial charge in [0, 0.05) is 11.3 Å². The summed E-state index contributed by atoms with van der Waals surface area (Å²) in [5, 5.41) is 15.7. The summed E-state index contributed by atoms with van der Waals surface area (Å²) in [5.74, 6) is -1.15. The van der Waals surface area contributed by atoms with Gasteiger partial charge in [-0.2, -0.15) is 10.1 Å². The van der Waals surface area contributed by atoms with Crippen molar-refractivity contribution >= 4 is 35.0 Å². The number of anilines is 1. The second-order valence-corrected chi connectivity index (χ2v) is 8.52. The monoisotopic (exact) mass is 563 g/mol. The van der Waals surface area contributed by atoms with Gasteiger partial charge in [-0.05, 0) is 54.4 Å². The van der Waals surface area contributed by atoms with Crippen LogP contribution in [0.5, 0.6) is 11.5 Å². The predicted molar refractivity (Wildman–Crippen MR) is 134 cm³/mol. The van der Waals surface area contributed by atoms with Crippen LogP contribution >= 0.6 is 11.6 Å². The summed E-state index contributed by atoms with van der Waals surface area (Å²) >= 11 is 5.69. The number of carbonyl (C=O) groups excluding carboxylic acids is 2. The molecule has 2 heterocycles. The second-order valence-electron chi connectivity index (χ2n) is 8.13. The molecule has 3 aromatic rings. The van der Waals surface area contributed by atoms with Crippen LogP contribution in [0.25, 0.3) is 0 Å². The van der Waals surface area contributed by atoms with Gasteiger partial charge in [0.15, 0.2) is 22.3 Å². The fourth-order valence-electron chi connectivity index (χ4n) is 3.63. The highest BCUT2D eigenvalue weighted by atomic mass is 35.5. The van der Waals surface area contributed by atoms with Crippen molar-refractivity contribution in [2.75, 3.05) is 12.4 Å². The van der Waals surface area contributed by atoms with E-state index < -0.39 is 30.2 Å². The number of nitrogens with zero attached hydrogens (tertiary/aromatic N) is 4. The summed E-state index contributed by atoms with van der Waals surface area (Å²) < 4.78 is 52.7. The third-order valence-electron chi connectivity index (χ3n) is 5.45. The molecule has 39 heavy (non-hydrogen) atoms. The van der Waals surface area contributed by atoms with Crippen molar-refractivity contribution < 1.29 is 37.0 Å². The van der Waals surface area contributed by atoms with E-state index in [0.29, 0.717) is 28.9 Å². The molecule has 10 nitrogen and oxygen atoms in total. The minimum absolute atomic E-state index is 0.0298. The number of methoxy groups -OCH3 is 1. The van der Waals surface area contributed by atoms with Crippen molar-refractivity contribution in [2.45, 2.75) is 32.4 Å². The first-order valence-corrected chi connectivity index (χ1v) is 11.8. The van der Waals surface area contributed by atoms with Gasteiger partial charge in [0.05, 0.1) is 13.7 Å². The molecule has 204 valence electrons. The quantitative estimate of drug-likeness (QED) is 0.389. The first-order chi connectivity index (χ1) is 18.6. The predicted octanol–water partition coefficient (Wildman–Crippen LogP) is 5.42. The number of amides is 2. The van der Waals surface area contributed by atoms with Gasteiger partial charge in [-0.3, -0.25) is 4.79 Å². The van der Waals surface area contributed by atoms with Crippen LogP contribution in [0.15, 0.2) is 59.7 Å². The maximum absolute atomic E-state index is 12.7. The van der Waals surface area contributed by atoms with Crippen LogP contribution < -0.4 is 14.8 Å². The maximum Gasteiger partial charge on any atom is 0.573 e. The number of hydrazone groups is 1. The van der Waals surface area contributed by atoms with Gasteiger partial charge in [-0.25, -0.2) is 4.79 Å². The average molecular weight is 564 g/mol. The highest BCUT2D eigenvalue weighted by molar-refractivity contribution is 6.29. The number of alkyl halides is 3. The summed E-state index contributed by atoms with van der Waals surface area (Å²) in [7, 11) is 1.21. The SMILES string of the molecule is CCC1OC(=O)N(Cc2ccc(NC(=O)c3ccc(Cl)nn3)cc2)N=C1c1ccc(OC(F)(F)F)c(OC)c1. The highest BCUT2D eigenvalue weighted by Crippen LogP contribution is 2.34. The van der Waals surface area contributed by atoms with E-state index in [-0.39, 0.29) is 23.1 Å². The van der Waals surface area contributed by atoms with Crippen LogP contribution in [0.3, 0.4) is 0 Å². The van der Waals surface area contributed by atoms with Crippen molar-refractivity contribution in [1.82, 2.24) is 15.2 Å². The Kier molecular flexibility index (Phi) is 8.19. The van der Waals surface area contributed by atoms with Gasteiger partial charge < -0.3 is 19.5 Å². The Balaban J connectivity index is 1.52. The Morgan fingerprint density at radius 3 is 2.46 bits per heavy atom. The van der Waals surface area contributed by atoms with Crippen LogP contribution in [0.1, 0.15) is 35.0 Å². The number of carbonyl (C=O) groups is 2. The normalized spacial score (nSPS) is 15.3. The van der Waals surface area contributed by atoms with Gasteiger partial charge >= 0.3 is 12.5 Å². The lowest BCUT2D eigenvalue weighted by Crippen LogP contribution is -2.41. The van der Waals surface area contributed by atoms with Crippen LogP contribution in [0.4, 0.5) is 23.7 Å². The Labute approximate surface area is 225 Å². The molecule has 0 saturated heterocycles. The Morgan fingerprint density at radius 1 is 1.10 bits per heavy atom. The molecule has 1 N–H and O–H groups in total. The summed E-state index contributed by atoms with van der Waals surface area (Å²) in [6, 6.07) is 13.3. The lowest BCUT2D eigenvalue weighted by atomic mass is 10.0. The van der Waals surface area contributed by atoms with Gasteiger partial charge in [-0.15, -0.1) is 23.4 Å². The number of nitrogens with one attached hydrogen (secondary N) is 1. The molecule has 0 spiro atoms. The third-order valence-corrected chi connectivity index (χ3v) is 5.65. The van der Waals surface area contributed by atoms with Gasteiger partial charge in [0.25, 0.3) is 5.91 Å². The summed E-state index contributed by atoms with van der Waals surface area (Å²) in [6.07, 6.45) is -5.92. The molecule has 4 rings (SSSR count). The molecule has 0 fully saturated rings. The Morgan fingerprint density at radius 2 is 1.85 bits per heavy atom. The summed E-state index contributed by atoms with van der Waals surface area (Å²) in [5.41, 5.74) is 1.96. The molecule has 0 bridgehead atoms. The molecule has 14 heteroatoms. The van der Waals surface area contributed by atoms with E-state index in [9.17, 15) is 22.8 Å². The number of hydrogen-bond acceptors (Lipinski definition) is 8. The van der Waals surface area contributed by atoms with Gasteiger partial charge in [-0.1, -0.05) is 30.7 Å². The average Bonchev–Trinajstić information content (AvgIpc) is 2.90. The van der Waals surface area contributed by atoms with E-state index in [1.165, 1.54) is 31.4 Å². The van der Waals surface area contributed by atoms with E-state index in [1.807, 2.05) is 0 Å². The molecular formula is C25H21ClF3N5O5. The number of rotatable bonds is 8. The van der Waals surface area contributed by atoms with Gasteiger partial charge in [0.1, 0.15) is 11.8 Å². The molecule has 2 aromatic carbocycles. The summed E-state index contributed by atoms with van der Waals surface area (Å²) in [4.78, 5) is 24.9. The van der Waals surface area contributed by atoms with Crippen LogP contribution in [0.2, 0.25) is 5.15 Å². The largest absolute Gasteiger partial charge is 0.573 e. The molecule has 0 saturated carbocycles. The number of cyclic esters (lactones) is 1. The molecule has 1 aromatic heterocycles. The maximum atomic E-state index is 12.7. The van der Waals surface area contributed by atoms with Crippen molar-refractivity contribution in [1.29, 1.82) is 0 Å². The minimum atomic E-state index is -4.89. The number of ether oxygens (including phenoxy) is 3. The molecule has 1 atom stereocenters. The van der Waals surface area contributed by atoms with Crippen molar-refractivity contribution in [3.63, 3.8) is 0 Å². The zero-order valence-electron chi connectivity index (χ0n) is 20.5. The summed E-state index contributed by atoms with van der Waals surface area (Å²) in [6.45, 7) is 1.81. The molecule has 1 unspecified atom stereocenters. The molecule has 1 aliphatic heterocycles. The van der Waals surface area contributed by atoms with Crippen molar-refractivity contribution in [3.05, 3.63) is 76.6 Å². The first kappa shape index (κ1) is 27.6. The first-order valence-electron chi connectivity index (χ1n) is 11.5. The standard InChI is InChI=1S/C25H21ClF3N5O5/c1-3-18-22(15-6-10-19(20(12-15)37-2)39-25(27,28)29)33-34(24(36)38-18)13-14-4-7-16(8-5-14)30-23(35)17-9-11-21(26)32-31-17/h4-12,18H,3,13H2,1-2H3,(H,30,35). The zero-order valence-corrected chi connectivity index (χ0v) is 21.3. The molecule has 0 radical (unpaired) electrons.